The Morgan fingerprint density at radius 2 is 1.83 bits per heavy atom. The Hall–Kier alpha value is -2.24. The van der Waals surface area contributed by atoms with Crippen molar-refractivity contribution in [3.05, 3.63) is 69.6 Å². The summed E-state index contributed by atoms with van der Waals surface area (Å²) in [5.74, 6) is -0.291. The fraction of sp³-hybridized carbons (Fsp3) is 0.111. The first kappa shape index (κ1) is 16.6. The van der Waals surface area contributed by atoms with E-state index in [1.54, 1.807) is 18.2 Å². The summed E-state index contributed by atoms with van der Waals surface area (Å²) >= 11 is 6.80. The van der Waals surface area contributed by atoms with Crippen molar-refractivity contribution in [3.63, 3.8) is 0 Å². The molecule has 2 aromatic rings. The largest absolute Gasteiger partial charge is 0.367 e. The van der Waals surface area contributed by atoms with Crippen LogP contribution in [0.2, 0.25) is 5.02 Å². The average molecular weight is 359 g/mol. The number of carbonyl (C=O) groups is 2. The van der Waals surface area contributed by atoms with Gasteiger partial charge in [0.1, 0.15) is 0 Å². The summed E-state index contributed by atoms with van der Waals surface area (Å²) in [6.45, 7) is 2.12. The molecule has 4 nitrogen and oxygen atoms in total. The van der Waals surface area contributed by atoms with Crippen molar-refractivity contribution in [2.24, 2.45) is 0 Å². The number of aryl methyl sites for hydroxylation is 1. The number of amides is 2. The first-order valence-electron chi connectivity index (χ1n) is 7.35. The van der Waals surface area contributed by atoms with Crippen LogP contribution >= 0.6 is 23.4 Å². The van der Waals surface area contributed by atoms with Gasteiger partial charge in [0.15, 0.2) is 0 Å². The molecule has 3 rings (SSSR count). The zero-order valence-corrected chi connectivity index (χ0v) is 14.5. The van der Waals surface area contributed by atoms with Crippen molar-refractivity contribution in [1.29, 1.82) is 0 Å². The Bertz CT molecular complexity index is 818. The summed E-state index contributed by atoms with van der Waals surface area (Å²) in [4.78, 5) is 26.2. The van der Waals surface area contributed by atoms with Crippen LogP contribution in [-0.4, -0.2) is 22.7 Å². The molecule has 0 spiro atoms. The molecule has 24 heavy (non-hydrogen) atoms. The zero-order valence-electron chi connectivity index (χ0n) is 13.0. The van der Waals surface area contributed by atoms with Crippen molar-refractivity contribution in [3.8, 4) is 0 Å². The lowest BCUT2D eigenvalue weighted by atomic mass is 10.2. The summed E-state index contributed by atoms with van der Waals surface area (Å²) in [6.07, 6.45) is 1.70. The molecule has 0 bridgehead atoms. The van der Waals surface area contributed by atoms with Gasteiger partial charge in [-0.25, -0.2) is 0 Å². The van der Waals surface area contributed by atoms with Crippen LogP contribution in [0.5, 0.6) is 0 Å². The average Bonchev–Trinajstić information content (AvgIpc) is 2.83. The fourth-order valence-electron chi connectivity index (χ4n) is 2.28. The van der Waals surface area contributed by atoms with Crippen molar-refractivity contribution < 1.29 is 9.59 Å². The number of nitrogens with one attached hydrogen (secondary N) is 1. The van der Waals surface area contributed by atoms with Crippen LogP contribution in [0, 0.1) is 6.92 Å². The van der Waals surface area contributed by atoms with Gasteiger partial charge >= 0.3 is 0 Å². The molecule has 6 heteroatoms. The topological polar surface area (TPSA) is 49.4 Å². The quantitative estimate of drug-likeness (QED) is 0.801. The number of anilines is 1. The van der Waals surface area contributed by atoms with E-state index in [4.69, 9.17) is 11.6 Å². The maximum Gasteiger partial charge on any atom is 0.295 e. The van der Waals surface area contributed by atoms with E-state index in [9.17, 15) is 9.59 Å². The molecular weight excluding hydrogens is 344 g/mol. The normalized spacial score (nSPS) is 16.1. The molecule has 1 heterocycles. The number of thioether (sulfide) groups is 1. The second kappa shape index (κ2) is 7.11. The molecule has 1 N–H and O–H groups in total. The van der Waals surface area contributed by atoms with Crippen LogP contribution in [0.25, 0.3) is 6.08 Å². The lowest BCUT2D eigenvalue weighted by Gasteiger charge is -2.15. The summed E-state index contributed by atoms with van der Waals surface area (Å²) in [6, 6.07) is 14.8. The molecule has 2 aromatic carbocycles. The third-order valence-electron chi connectivity index (χ3n) is 3.61. The molecule has 1 fully saturated rings. The first-order chi connectivity index (χ1) is 11.5. The molecule has 122 valence electrons. The third-order valence-corrected chi connectivity index (χ3v) is 4.77. The molecule has 0 radical (unpaired) electrons. The molecule has 1 saturated heterocycles. The van der Waals surface area contributed by atoms with Gasteiger partial charge in [0, 0.05) is 10.7 Å². The molecule has 0 saturated carbocycles. The number of carbonyl (C=O) groups excluding carboxylic acids is 2. The van der Waals surface area contributed by atoms with Crippen LogP contribution in [0.3, 0.4) is 0 Å². The van der Waals surface area contributed by atoms with Gasteiger partial charge in [-0.15, -0.1) is 0 Å². The van der Waals surface area contributed by atoms with Crippen LogP contribution in [0.15, 0.2) is 53.4 Å². The van der Waals surface area contributed by atoms with E-state index in [2.05, 4.69) is 5.32 Å². The van der Waals surface area contributed by atoms with E-state index < -0.39 is 0 Å². The summed E-state index contributed by atoms with van der Waals surface area (Å²) in [5, 5.41) is 3.48. The highest BCUT2D eigenvalue weighted by atomic mass is 35.5. The van der Waals surface area contributed by atoms with Crippen LogP contribution in [-0.2, 0) is 4.79 Å². The predicted molar refractivity (Wildman–Crippen MR) is 98.9 cm³/mol. The molecule has 1 aliphatic heterocycles. The molecule has 2 amide bonds. The Balaban J connectivity index is 1.72. The monoisotopic (exact) mass is 358 g/mol. The molecule has 1 aliphatic rings. The highest BCUT2D eigenvalue weighted by molar-refractivity contribution is 8.18. The second-order valence-electron chi connectivity index (χ2n) is 5.31. The van der Waals surface area contributed by atoms with E-state index in [0.29, 0.717) is 9.93 Å². The molecule has 0 unspecified atom stereocenters. The highest BCUT2D eigenvalue weighted by Gasteiger charge is 2.34. The molecule has 0 aromatic heterocycles. The zero-order chi connectivity index (χ0) is 17.1. The minimum atomic E-state index is -0.291. The van der Waals surface area contributed by atoms with Gasteiger partial charge in [-0.3, -0.25) is 14.5 Å². The smallest absolute Gasteiger partial charge is 0.295 e. The van der Waals surface area contributed by atoms with E-state index >= 15 is 0 Å². The van der Waals surface area contributed by atoms with Crippen molar-refractivity contribution in [2.45, 2.75) is 6.92 Å². The van der Waals surface area contributed by atoms with E-state index in [1.165, 1.54) is 4.90 Å². The number of nitrogens with zero attached hydrogens (tertiary/aromatic N) is 1. The summed E-state index contributed by atoms with van der Waals surface area (Å²) < 4.78 is 0. The van der Waals surface area contributed by atoms with Crippen molar-refractivity contribution in [2.75, 3.05) is 12.0 Å². The third kappa shape index (κ3) is 3.63. The van der Waals surface area contributed by atoms with Gasteiger partial charge in [-0.1, -0.05) is 41.9 Å². The van der Waals surface area contributed by atoms with Crippen molar-refractivity contribution >= 4 is 46.3 Å². The van der Waals surface area contributed by atoms with Gasteiger partial charge in [0.2, 0.25) is 0 Å². The van der Waals surface area contributed by atoms with Gasteiger partial charge in [-0.05, 0) is 54.1 Å². The predicted octanol–water partition coefficient (Wildman–Crippen LogP) is 4.75. The van der Waals surface area contributed by atoms with Crippen LogP contribution < -0.4 is 5.32 Å². The maximum absolute atomic E-state index is 12.4. The first-order valence-corrected chi connectivity index (χ1v) is 8.54. The Morgan fingerprint density at radius 1 is 1.12 bits per heavy atom. The number of benzene rings is 2. The van der Waals surface area contributed by atoms with Gasteiger partial charge in [0.05, 0.1) is 11.6 Å². The minimum absolute atomic E-state index is 0.146. The fourth-order valence-corrected chi connectivity index (χ4v) is 3.25. The summed E-state index contributed by atoms with van der Waals surface area (Å²) in [5.41, 5.74) is 2.79. The van der Waals surface area contributed by atoms with Gasteiger partial charge < -0.3 is 5.32 Å². The molecular formula is C18H15ClN2O2S. The molecule has 0 aliphatic carbocycles. The molecule has 0 atom stereocenters. The highest BCUT2D eigenvalue weighted by Crippen LogP contribution is 2.32. The van der Waals surface area contributed by atoms with E-state index in [1.807, 2.05) is 43.3 Å². The van der Waals surface area contributed by atoms with Crippen molar-refractivity contribution in [1.82, 2.24) is 4.90 Å². The number of rotatable bonds is 4. The Morgan fingerprint density at radius 3 is 2.54 bits per heavy atom. The number of halogens is 1. The summed E-state index contributed by atoms with van der Waals surface area (Å²) in [7, 11) is 0. The number of hydrogen-bond acceptors (Lipinski definition) is 4. The SMILES string of the molecule is Cc1ccccc1NCN1C(=O)SC(=Cc2ccc(Cl)cc2)C1=O. The van der Waals surface area contributed by atoms with Gasteiger partial charge in [-0.2, -0.15) is 0 Å². The second-order valence-corrected chi connectivity index (χ2v) is 6.74. The van der Waals surface area contributed by atoms with E-state index in [-0.39, 0.29) is 17.8 Å². The van der Waals surface area contributed by atoms with Gasteiger partial charge in [0.25, 0.3) is 11.1 Å². The number of hydrogen-bond donors (Lipinski definition) is 1. The minimum Gasteiger partial charge on any atom is -0.367 e. The lowest BCUT2D eigenvalue weighted by Crippen LogP contribution is -2.33. The number of para-hydroxylation sites is 1. The number of imide groups is 1. The standard InChI is InChI=1S/C18H15ClN2O2S/c1-12-4-2-3-5-15(12)20-11-21-17(22)16(24-18(21)23)10-13-6-8-14(19)9-7-13/h2-10,20H,11H2,1H3. The van der Waals surface area contributed by atoms with E-state index in [0.717, 1.165) is 28.6 Å². The van der Waals surface area contributed by atoms with Crippen LogP contribution in [0.4, 0.5) is 10.5 Å². The Labute approximate surface area is 149 Å². The lowest BCUT2D eigenvalue weighted by molar-refractivity contribution is -0.122. The Kier molecular flexibility index (Phi) is 4.92. The van der Waals surface area contributed by atoms with Crippen LogP contribution in [0.1, 0.15) is 11.1 Å². The maximum atomic E-state index is 12.4.